The summed E-state index contributed by atoms with van der Waals surface area (Å²) in [7, 11) is 0. The molecule has 3 heterocycles. The summed E-state index contributed by atoms with van der Waals surface area (Å²) < 4.78 is 20.9. The van der Waals surface area contributed by atoms with E-state index < -0.39 is 12.0 Å². The van der Waals surface area contributed by atoms with Gasteiger partial charge in [-0.2, -0.15) is 0 Å². The fourth-order valence-electron chi connectivity index (χ4n) is 5.45. The Labute approximate surface area is 259 Å². The van der Waals surface area contributed by atoms with Gasteiger partial charge in [0.25, 0.3) is 5.56 Å². The third-order valence-corrected chi connectivity index (χ3v) is 8.19. The van der Waals surface area contributed by atoms with Crippen LogP contribution < -0.4 is 24.4 Å². The van der Waals surface area contributed by atoms with Crippen LogP contribution in [0.15, 0.2) is 75.7 Å². The van der Waals surface area contributed by atoms with Gasteiger partial charge in [0, 0.05) is 29.6 Å². The lowest BCUT2D eigenvalue weighted by Crippen LogP contribution is -2.40. The van der Waals surface area contributed by atoms with Crippen LogP contribution in [0, 0.1) is 13.8 Å². The zero-order valence-electron chi connectivity index (χ0n) is 25.8. The molecule has 2 aromatic carbocycles. The Morgan fingerprint density at radius 2 is 1.77 bits per heavy atom. The quantitative estimate of drug-likeness (QED) is 0.207. The van der Waals surface area contributed by atoms with Crippen LogP contribution in [0.2, 0.25) is 0 Å². The Balaban J connectivity index is 1.65. The molecule has 0 saturated heterocycles. The first-order valence-corrected chi connectivity index (χ1v) is 15.2. The Kier molecular flexibility index (Phi) is 8.73. The average molecular weight is 614 g/mol. The number of ether oxygens (including phenoxy) is 3. The molecule has 0 saturated carbocycles. The van der Waals surface area contributed by atoms with Crippen LogP contribution in [-0.2, 0) is 14.3 Å². The monoisotopic (exact) mass is 613 g/mol. The van der Waals surface area contributed by atoms with Crippen molar-refractivity contribution >= 4 is 29.4 Å². The molecule has 0 radical (unpaired) electrons. The summed E-state index contributed by atoms with van der Waals surface area (Å²) in [6.45, 7) is 12.9. The van der Waals surface area contributed by atoms with Gasteiger partial charge in [-0.05, 0) is 89.6 Å². The second kappa shape index (κ2) is 12.5. The first-order chi connectivity index (χ1) is 21.0. The lowest BCUT2D eigenvalue weighted by Gasteiger charge is -2.26. The number of fused-ring (bicyclic) bond motifs is 1. The third-order valence-electron chi connectivity index (χ3n) is 7.21. The zero-order chi connectivity index (χ0) is 31.7. The molecule has 0 amide bonds. The number of carbonyl (C=O) groups is 2. The van der Waals surface area contributed by atoms with Gasteiger partial charge in [0.05, 0.1) is 28.5 Å². The minimum absolute atomic E-state index is 0.115. The number of carbonyl (C=O) groups excluding carboxylic acids is 2. The zero-order valence-corrected chi connectivity index (χ0v) is 26.7. The summed E-state index contributed by atoms with van der Waals surface area (Å²) in [5, 5.41) is 0. The van der Waals surface area contributed by atoms with Crippen molar-refractivity contribution in [1.29, 1.82) is 0 Å². The van der Waals surface area contributed by atoms with Gasteiger partial charge < -0.3 is 18.8 Å². The first-order valence-electron chi connectivity index (χ1n) is 14.4. The SMILES string of the molecule is CCOC(=O)C1=C(C)N=c2s/c(=C/c3cc(C)n(-c4ccc(OC(C)=O)cc4)c3C)c(=O)n2[C@@H]1c1ccccc1OC(C)C. The molecule has 1 aliphatic rings. The number of hydrogen-bond acceptors (Lipinski definition) is 8. The molecule has 44 heavy (non-hydrogen) atoms. The minimum atomic E-state index is -0.773. The lowest BCUT2D eigenvalue weighted by molar-refractivity contribution is -0.139. The summed E-state index contributed by atoms with van der Waals surface area (Å²) in [6, 6.07) is 16.0. The van der Waals surface area contributed by atoms with Gasteiger partial charge in [-0.15, -0.1) is 0 Å². The van der Waals surface area contributed by atoms with E-state index in [1.54, 1.807) is 30.5 Å². The smallest absolute Gasteiger partial charge is 0.338 e. The Morgan fingerprint density at radius 3 is 2.43 bits per heavy atom. The summed E-state index contributed by atoms with van der Waals surface area (Å²) >= 11 is 1.28. The van der Waals surface area contributed by atoms with E-state index in [9.17, 15) is 14.4 Å². The van der Waals surface area contributed by atoms with E-state index in [1.165, 1.54) is 18.3 Å². The maximum Gasteiger partial charge on any atom is 0.338 e. The highest BCUT2D eigenvalue weighted by atomic mass is 32.1. The largest absolute Gasteiger partial charge is 0.491 e. The van der Waals surface area contributed by atoms with E-state index in [1.807, 2.05) is 76.2 Å². The highest BCUT2D eigenvalue weighted by Crippen LogP contribution is 2.36. The van der Waals surface area contributed by atoms with Crippen molar-refractivity contribution in [3.8, 4) is 17.2 Å². The molecule has 5 rings (SSSR count). The molecule has 0 spiro atoms. The normalized spacial score (nSPS) is 14.8. The van der Waals surface area contributed by atoms with Crippen molar-refractivity contribution in [2.24, 2.45) is 4.99 Å². The maximum absolute atomic E-state index is 14.2. The number of hydrogen-bond donors (Lipinski definition) is 0. The Morgan fingerprint density at radius 1 is 1.07 bits per heavy atom. The second-order valence-electron chi connectivity index (χ2n) is 10.8. The number of esters is 2. The van der Waals surface area contributed by atoms with E-state index in [0.717, 1.165) is 22.6 Å². The maximum atomic E-state index is 14.2. The van der Waals surface area contributed by atoms with Crippen molar-refractivity contribution in [2.75, 3.05) is 6.61 Å². The van der Waals surface area contributed by atoms with E-state index in [0.29, 0.717) is 37.7 Å². The summed E-state index contributed by atoms with van der Waals surface area (Å²) in [5.74, 6) is 0.160. The fraction of sp³-hybridized carbons (Fsp3) is 0.294. The minimum Gasteiger partial charge on any atom is -0.491 e. The predicted octanol–water partition coefficient (Wildman–Crippen LogP) is 4.92. The van der Waals surface area contributed by atoms with Gasteiger partial charge in [0.15, 0.2) is 4.80 Å². The number of allylic oxidation sites excluding steroid dienone is 1. The summed E-state index contributed by atoms with van der Waals surface area (Å²) in [6.07, 6.45) is 1.75. The molecule has 2 aromatic heterocycles. The lowest BCUT2D eigenvalue weighted by atomic mass is 9.95. The van der Waals surface area contributed by atoms with Crippen LogP contribution in [0.25, 0.3) is 11.8 Å². The topological polar surface area (TPSA) is 101 Å². The van der Waals surface area contributed by atoms with Crippen molar-refractivity contribution in [2.45, 2.75) is 60.6 Å². The van der Waals surface area contributed by atoms with Crippen molar-refractivity contribution < 1.29 is 23.8 Å². The van der Waals surface area contributed by atoms with Gasteiger partial charge in [-0.25, -0.2) is 9.79 Å². The molecule has 9 nitrogen and oxygen atoms in total. The van der Waals surface area contributed by atoms with Crippen LogP contribution in [0.3, 0.4) is 0 Å². The van der Waals surface area contributed by atoms with E-state index >= 15 is 0 Å². The predicted molar refractivity (Wildman–Crippen MR) is 169 cm³/mol. The average Bonchev–Trinajstić information content (AvgIpc) is 3.42. The molecule has 0 bridgehead atoms. The number of thiazole rings is 1. The fourth-order valence-corrected chi connectivity index (χ4v) is 6.49. The van der Waals surface area contributed by atoms with Crippen molar-refractivity contribution in [3.05, 3.63) is 108 Å². The first kappa shape index (κ1) is 30.7. The molecule has 1 aliphatic heterocycles. The van der Waals surface area contributed by atoms with Crippen molar-refractivity contribution in [1.82, 2.24) is 9.13 Å². The van der Waals surface area contributed by atoms with Crippen LogP contribution >= 0.6 is 11.3 Å². The summed E-state index contributed by atoms with van der Waals surface area (Å²) in [4.78, 5) is 44.0. The third kappa shape index (κ3) is 5.90. The van der Waals surface area contributed by atoms with Gasteiger partial charge >= 0.3 is 11.9 Å². The molecule has 0 N–H and O–H groups in total. The molecular weight excluding hydrogens is 578 g/mol. The number of nitrogens with zero attached hydrogens (tertiary/aromatic N) is 3. The molecule has 0 aliphatic carbocycles. The summed E-state index contributed by atoms with van der Waals surface area (Å²) in [5.41, 5.74) is 4.90. The van der Waals surface area contributed by atoms with E-state index in [-0.39, 0.29) is 24.2 Å². The van der Waals surface area contributed by atoms with Crippen LogP contribution in [-0.4, -0.2) is 33.8 Å². The molecule has 10 heteroatoms. The molecular formula is C34H35N3O6S. The number of rotatable bonds is 8. The highest BCUT2D eigenvalue weighted by Gasteiger charge is 2.35. The molecule has 228 valence electrons. The Bertz CT molecular complexity index is 1960. The number of benzene rings is 2. The van der Waals surface area contributed by atoms with Crippen LogP contribution in [0.4, 0.5) is 0 Å². The number of aromatic nitrogens is 2. The second-order valence-corrected chi connectivity index (χ2v) is 11.8. The molecule has 1 atom stereocenters. The van der Waals surface area contributed by atoms with Crippen LogP contribution in [0.1, 0.15) is 63.2 Å². The van der Waals surface area contributed by atoms with E-state index in [2.05, 4.69) is 4.57 Å². The van der Waals surface area contributed by atoms with Gasteiger partial charge in [0.1, 0.15) is 17.5 Å². The molecule has 0 fully saturated rings. The number of aryl methyl sites for hydroxylation is 1. The Hall–Kier alpha value is -4.70. The molecule has 0 unspecified atom stereocenters. The van der Waals surface area contributed by atoms with Gasteiger partial charge in [-0.3, -0.25) is 14.2 Å². The van der Waals surface area contributed by atoms with Crippen molar-refractivity contribution in [3.63, 3.8) is 0 Å². The van der Waals surface area contributed by atoms with Gasteiger partial charge in [0.2, 0.25) is 0 Å². The van der Waals surface area contributed by atoms with Gasteiger partial charge in [-0.1, -0.05) is 29.5 Å². The molecule has 4 aromatic rings. The number of para-hydroxylation sites is 1. The van der Waals surface area contributed by atoms with Crippen LogP contribution in [0.5, 0.6) is 11.5 Å². The highest BCUT2D eigenvalue weighted by molar-refractivity contribution is 7.07. The van der Waals surface area contributed by atoms with E-state index in [4.69, 9.17) is 19.2 Å². The standard InChI is InChI=1S/C34H35N3O6S/c1-8-41-33(40)30-21(5)35-34-37(31(30)27-11-9-10-12-28(27)42-19(2)3)32(39)29(44-34)18-24-17-20(4)36(22(24)6)25-13-15-26(16-14-25)43-23(7)38/h9-19,31H,8H2,1-7H3/b29-18+/t31-/m1/s1.